The molecule has 0 saturated heterocycles. The van der Waals surface area contributed by atoms with Crippen molar-refractivity contribution in [1.82, 2.24) is 0 Å². The molecule has 1 aromatic carbocycles. The highest BCUT2D eigenvalue weighted by Gasteiger charge is 2.55. The number of hydrogen-bond donors (Lipinski definition) is 1. The second kappa shape index (κ2) is 5.20. The van der Waals surface area contributed by atoms with Gasteiger partial charge in [0.25, 0.3) is 0 Å². The highest BCUT2D eigenvalue weighted by Crippen LogP contribution is 2.59. The van der Waals surface area contributed by atoms with Crippen molar-refractivity contribution in [3.8, 4) is 0 Å². The van der Waals surface area contributed by atoms with Crippen LogP contribution in [0.5, 0.6) is 0 Å². The van der Waals surface area contributed by atoms with Gasteiger partial charge in [-0.3, -0.25) is 5.32 Å². The van der Waals surface area contributed by atoms with Crippen LogP contribution in [0.2, 0.25) is 5.02 Å². The maximum Gasteiger partial charge on any atom is 0.411 e. The molecule has 3 fully saturated rings. The number of rotatable bonds is 2. The molecule has 1 N–H and O–H groups in total. The summed E-state index contributed by atoms with van der Waals surface area (Å²) in [5.41, 5.74) is 0.689. The van der Waals surface area contributed by atoms with Gasteiger partial charge in [0.05, 0.1) is 0 Å². The standard InChI is InChI=1S/C17H20ClNO2/c18-11-3-1-4-12(9-11)19-17(20)21-16-8-10-7-15(16)14-6-2-5-13(10)14/h1,3-4,9-10,13-16H,2,5-8H2,(H,19,20)/t10-,13-,14+,15+,16-/m1/s1. The zero-order valence-corrected chi connectivity index (χ0v) is 12.7. The van der Waals surface area contributed by atoms with E-state index in [0.717, 1.165) is 24.2 Å². The lowest BCUT2D eigenvalue weighted by Crippen LogP contribution is -2.33. The van der Waals surface area contributed by atoms with E-state index < -0.39 is 0 Å². The minimum Gasteiger partial charge on any atom is -0.446 e. The van der Waals surface area contributed by atoms with E-state index >= 15 is 0 Å². The monoisotopic (exact) mass is 305 g/mol. The maximum atomic E-state index is 12.1. The number of carbonyl (C=O) groups is 1. The van der Waals surface area contributed by atoms with Gasteiger partial charge in [-0.15, -0.1) is 0 Å². The predicted molar refractivity (Wildman–Crippen MR) is 82.4 cm³/mol. The Kier molecular flexibility index (Phi) is 3.33. The summed E-state index contributed by atoms with van der Waals surface area (Å²) in [7, 11) is 0. The second-order valence-electron chi connectivity index (χ2n) is 6.73. The predicted octanol–water partition coefficient (Wildman–Crippen LogP) is 4.71. The summed E-state index contributed by atoms with van der Waals surface area (Å²) >= 11 is 5.92. The van der Waals surface area contributed by atoms with E-state index in [-0.39, 0.29) is 12.2 Å². The van der Waals surface area contributed by atoms with E-state index in [4.69, 9.17) is 16.3 Å². The van der Waals surface area contributed by atoms with Crippen LogP contribution in [0.15, 0.2) is 24.3 Å². The topological polar surface area (TPSA) is 38.3 Å². The van der Waals surface area contributed by atoms with Crippen LogP contribution in [-0.4, -0.2) is 12.2 Å². The molecule has 112 valence electrons. The van der Waals surface area contributed by atoms with Crippen molar-refractivity contribution in [1.29, 1.82) is 0 Å². The number of nitrogens with one attached hydrogen (secondary N) is 1. The number of anilines is 1. The van der Waals surface area contributed by atoms with Crippen LogP contribution in [0.1, 0.15) is 32.1 Å². The van der Waals surface area contributed by atoms with Gasteiger partial charge in [-0.2, -0.15) is 0 Å². The van der Waals surface area contributed by atoms with Crippen molar-refractivity contribution >= 4 is 23.4 Å². The lowest BCUT2D eigenvalue weighted by atomic mass is 9.80. The van der Waals surface area contributed by atoms with Gasteiger partial charge in [0.2, 0.25) is 0 Å². The van der Waals surface area contributed by atoms with Gasteiger partial charge in [-0.25, -0.2) is 4.79 Å². The Labute approximate surface area is 130 Å². The van der Waals surface area contributed by atoms with Crippen molar-refractivity contribution in [3.05, 3.63) is 29.3 Å². The van der Waals surface area contributed by atoms with Gasteiger partial charge in [0.15, 0.2) is 0 Å². The first-order chi connectivity index (χ1) is 10.2. The van der Waals surface area contributed by atoms with Crippen molar-refractivity contribution < 1.29 is 9.53 Å². The highest BCUT2D eigenvalue weighted by atomic mass is 35.5. The highest BCUT2D eigenvalue weighted by molar-refractivity contribution is 6.30. The van der Waals surface area contributed by atoms with Gasteiger partial charge in [-0.05, 0) is 67.6 Å². The molecule has 3 aliphatic rings. The molecule has 0 radical (unpaired) electrons. The van der Waals surface area contributed by atoms with Crippen LogP contribution >= 0.6 is 11.6 Å². The zero-order valence-electron chi connectivity index (χ0n) is 11.9. The summed E-state index contributed by atoms with van der Waals surface area (Å²) in [5, 5.41) is 3.40. The first-order valence-electron chi connectivity index (χ1n) is 7.94. The smallest absolute Gasteiger partial charge is 0.411 e. The molecule has 21 heavy (non-hydrogen) atoms. The Morgan fingerprint density at radius 1 is 1.19 bits per heavy atom. The number of carbonyl (C=O) groups excluding carboxylic acids is 1. The Hall–Kier alpha value is -1.22. The van der Waals surface area contributed by atoms with Crippen molar-refractivity contribution in [2.45, 2.75) is 38.2 Å². The third-order valence-electron chi connectivity index (χ3n) is 5.70. The molecule has 0 aromatic heterocycles. The minimum absolute atomic E-state index is 0.119. The Morgan fingerprint density at radius 3 is 2.90 bits per heavy atom. The molecule has 1 amide bonds. The van der Waals surface area contributed by atoms with Crippen LogP contribution < -0.4 is 5.32 Å². The number of benzene rings is 1. The third-order valence-corrected chi connectivity index (χ3v) is 5.93. The average molecular weight is 306 g/mol. The average Bonchev–Trinajstić information content (AvgIpc) is 3.09. The third kappa shape index (κ3) is 2.42. The molecule has 0 aliphatic heterocycles. The molecule has 3 nitrogen and oxygen atoms in total. The summed E-state index contributed by atoms with van der Waals surface area (Å²) < 4.78 is 5.70. The summed E-state index contributed by atoms with van der Waals surface area (Å²) in [6.07, 6.45) is 6.20. The normalized spacial score (nSPS) is 36.5. The van der Waals surface area contributed by atoms with E-state index in [9.17, 15) is 4.79 Å². The van der Waals surface area contributed by atoms with Gasteiger partial charge >= 0.3 is 6.09 Å². The van der Waals surface area contributed by atoms with Crippen LogP contribution in [0, 0.1) is 23.7 Å². The second-order valence-corrected chi connectivity index (χ2v) is 7.17. The van der Waals surface area contributed by atoms with Gasteiger partial charge < -0.3 is 4.74 Å². The SMILES string of the molecule is O=C(Nc1cccc(Cl)c1)O[C@@H]1C[C@H]2C[C@H]1[C@H]1CCC[C@H]21. The minimum atomic E-state index is -0.343. The van der Waals surface area contributed by atoms with Gasteiger partial charge in [0, 0.05) is 10.7 Å². The van der Waals surface area contributed by atoms with Crippen molar-refractivity contribution in [2.75, 3.05) is 5.32 Å². The number of halogens is 1. The van der Waals surface area contributed by atoms with E-state index in [1.165, 1.54) is 25.7 Å². The molecular formula is C17H20ClNO2. The molecular weight excluding hydrogens is 286 g/mol. The molecule has 1 aromatic rings. The zero-order chi connectivity index (χ0) is 14.4. The molecule has 0 heterocycles. The fourth-order valence-electron chi connectivity index (χ4n) is 4.99. The van der Waals surface area contributed by atoms with Crippen molar-refractivity contribution in [2.24, 2.45) is 23.7 Å². The molecule has 0 spiro atoms. The van der Waals surface area contributed by atoms with Crippen LogP contribution in [-0.2, 0) is 4.74 Å². The van der Waals surface area contributed by atoms with Crippen LogP contribution in [0.25, 0.3) is 0 Å². The number of amides is 1. The Balaban J connectivity index is 1.37. The van der Waals surface area contributed by atoms with Crippen LogP contribution in [0.3, 0.4) is 0 Å². The van der Waals surface area contributed by atoms with Crippen molar-refractivity contribution in [3.63, 3.8) is 0 Å². The molecule has 0 unspecified atom stereocenters. The molecule has 4 heteroatoms. The lowest BCUT2D eigenvalue weighted by Gasteiger charge is -2.31. The Morgan fingerprint density at radius 2 is 2.05 bits per heavy atom. The van der Waals surface area contributed by atoms with E-state index in [1.807, 2.05) is 12.1 Å². The van der Waals surface area contributed by atoms with E-state index in [2.05, 4.69) is 5.32 Å². The number of hydrogen-bond acceptors (Lipinski definition) is 2. The molecule has 5 atom stereocenters. The lowest BCUT2D eigenvalue weighted by molar-refractivity contribution is 0.0431. The molecule has 3 saturated carbocycles. The Bertz CT molecular complexity index is 561. The first-order valence-corrected chi connectivity index (χ1v) is 8.32. The fourth-order valence-corrected chi connectivity index (χ4v) is 5.18. The van der Waals surface area contributed by atoms with E-state index in [1.54, 1.807) is 12.1 Å². The quantitative estimate of drug-likeness (QED) is 0.859. The van der Waals surface area contributed by atoms with Gasteiger partial charge in [0.1, 0.15) is 6.10 Å². The summed E-state index contributed by atoms with van der Waals surface area (Å²) in [5.74, 6) is 3.14. The maximum absolute atomic E-state index is 12.1. The summed E-state index contributed by atoms with van der Waals surface area (Å²) in [4.78, 5) is 12.1. The molecule has 4 rings (SSSR count). The number of fused-ring (bicyclic) bond motifs is 5. The summed E-state index contributed by atoms with van der Waals surface area (Å²) in [6, 6.07) is 7.16. The van der Waals surface area contributed by atoms with Crippen LogP contribution in [0.4, 0.5) is 10.5 Å². The van der Waals surface area contributed by atoms with E-state index in [0.29, 0.717) is 16.6 Å². The first kappa shape index (κ1) is 13.4. The summed E-state index contributed by atoms with van der Waals surface area (Å²) in [6.45, 7) is 0. The number of ether oxygens (including phenoxy) is 1. The largest absolute Gasteiger partial charge is 0.446 e. The van der Waals surface area contributed by atoms with Gasteiger partial charge in [-0.1, -0.05) is 24.1 Å². The molecule has 3 aliphatic carbocycles. The fraction of sp³-hybridized carbons (Fsp3) is 0.588. The molecule has 2 bridgehead atoms.